The van der Waals surface area contributed by atoms with E-state index in [0.717, 1.165) is 22.4 Å². The molecule has 0 saturated carbocycles. The standard InChI is InChI=1S/C22H19N3O2/c26-21(13-12-17-9-6-14-27-17)23-20(15-16-7-2-1-3-8-16)22-24-18-10-4-5-11-19(18)25-22/h1-14,20H,15H2,(H,23,26)(H,24,25)/b13-12+/t20-/m0/s1. The van der Waals surface area contributed by atoms with Crippen molar-refractivity contribution in [3.8, 4) is 0 Å². The first-order valence-electron chi connectivity index (χ1n) is 8.78. The van der Waals surface area contributed by atoms with Crippen LogP contribution in [0.15, 0.2) is 83.5 Å². The quantitative estimate of drug-likeness (QED) is 0.506. The van der Waals surface area contributed by atoms with Gasteiger partial charge in [-0.3, -0.25) is 4.79 Å². The van der Waals surface area contributed by atoms with Gasteiger partial charge in [-0.2, -0.15) is 0 Å². The number of nitrogens with one attached hydrogen (secondary N) is 2. The fraction of sp³-hybridized carbons (Fsp3) is 0.0909. The van der Waals surface area contributed by atoms with Crippen molar-refractivity contribution in [1.82, 2.24) is 15.3 Å². The normalized spacial score (nSPS) is 12.4. The molecule has 0 fully saturated rings. The summed E-state index contributed by atoms with van der Waals surface area (Å²) in [7, 11) is 0. The van der Waals surface area contributed by atoms with Crippen molar-refractivity contribution in [3.05, 3.63) is 96.2 Å². The molecule has 5 heteroatoms. The molecule has 4 aromatic rings. The second-order valence-corrected chi connectivity index (χ2v) is 6.24. The summed E-state index contributed by atoms with van der Waals surface area (Å²) in [6, 6.07) is 21.2. The summed E-state index contributed by atoms with van der Waals surface area (Å²) >= 11 is 0. The van der Waals surface area contributed by atoms with Gasteiger partial charge in [0.15, 0.2) is 0 Å². The molecule has 0 unspecified atom stereocenters. The maximum absolute atomic E-state index is 12.4. The molecule has 0 aliphatic heterocycles. The van der Waals surface area contributed by atoms with E-state index >= 15 is 0 Å². The largest absolute Gasteiger partial charge is 0.465 e. The van der Waals surface area contributed by atoms with Crippen LogP contribution in [0, 0.1) is 0 Å². The van der Waals surface area contributed by atoms with Crippen molar-refractivity contribution in [3.63, 3.8) is 0 Å². The number of fused-ring (bicyclic) bond motifs is 1. The predicted molar refractivity (Wildman–Crippen MR) is 105 cm³/mol. The van der Waals surface area contributed by atoms with Crippen LogP contribution in [0.5, 0.6) is 0 Å². The average Bonchev–Trinajstić information content (AvgIpc) is 3.36. The Bertz CT molecular complexity index is 1020. The van der Waals surface area contributed by atoms with Gasteiger partial charge in [0.25, 0.3) is 0 Å². The summed E-state index contributed by atoms with van der Waals surface area (Å²) in [4.78, 5) is 20.4. The Labute approximate surface area is 156 Å². The first kappa shape index (κ1) is 16.8. The van der Waals surface area contributed by atoms with E-state index in [0.29, 0.717) is 12.2 Å². The van der Waals surface area contributed by atoms with Crippen LogP contribution in [-0.4, -0.2) is 15.9 Å². The highest BCUT2D eigenvalue weighted by Gasteiger charge is 2.18. The van der Waals surface area contributed by atoms with Crippen molar-refractivity contribution in [2.75, 3.05) is 0 Å². The molecule has 2 N–H and O–H groups in total. The van der Waals surface area contributed by atoms with Gasteiger partial charge < -0.3 is 14.7 Å². The molecular weight excluding hydrogens is 338 g/mol. The molecule has 134 valence electrons. The number of para-hydroxylation sites is 2. The second-order valence-electron chi connectivity index (χ2n) is 6.24. The fourth-order valence-corrected chi connectivity index (χ4v) is 2.97. The zero-order valence-corrected chi connectivity index (χ0v) is 14.6. The van der Waals surface area contributed by atoms with Gasteiger partial charge in [-0.15, -0.1) is 0 Å². The Hall–Kier alpha value is -3.60. The van der Waals surface area contributed by atoms with Gasteiger partial charge in [-0.1, -0.05) is 42.5 Å². The second kappa shape index (κ2) is 7.74. The van der Waals surface area contributed by atoms with Gasteiger partial charge in [-0.05, 0) is 42.3 Å². The van der Waals surface area contributed by atoms with Crippen molar-refractivity contribution >= 4 is 23.0 Å². The number of hydrogen-bond acceptors (Lipinski definition) is 3. The van der Waals surface area contributed by atoms with Gasteiger partial charge in [0.2, 0.25) is 5.91 Å². The summed E-state index contributed by atoms with van der Waals surface area (Å²) in [6.07, 6.45) is 5.33. The predicted octanol–water partition coefficient (Wildman–Crippen LogP) is 4.27. The first-order valence-corrected chi connectivity index (χ1v) is 8.78. The molecule has 2 aromatic carbocycles. The number of aromatic nitrogens is 2. The van der Waals surface area contributed by atoms with Crippen LogP contribution in [-0.2, 0) is 11.2 Å². The Morgan fingerprint density at radius 3 is 2.67 bits per heavy atom. The molecule has 0 bridgehead atoms. The summed E-state index contributed by atoms with van der Waals surface area (Å²) < 4.78 is 5.22. The molecule has 2 aromatic heterocycles. The zero-order valence-electron chi connectivity index (χ0n) is 14.6. The molecule has 0 aliphatic carbocycles. The lowest BCUT2D eigenvalue weighted by Crippen LogP contribution is -2.29. The molecule has 1 atom stereocenters. The van der Waals surface area contributed by atoms with Gasteiger partial charge in [0.05, 0.1) is 23.3 Å². The third kappa shape index (κ3) is 4.15. The van der Waals surface area contributed by atoms with E-state index in [1.54, 1.807) is 24.5 Å². The molecule has 0 aliphatic rings. The third-order valence-corrected chi connectivity index (χ3v) is 4.28. The third-order valence-electron chi connectivity index (χ3n) is 4.28. The lowest BCUT2D eigenvalue weighted by atomic mass is 10.1. The molecular formula is C22H19N3O2. The number of carbonyl (C=O) groups is 1. The summed E-state index contributed by atoms with van der Waals surface area (Å²) in [5, 5.41) is 3.04. The lowest BCUT2D eigenvalue weighted by Gasteiger charge is -2.16. The highest BCUT2D eigenvalue weighted by molar-refractivity contribution is 5.91. The van der Waals surface area contributed by atoms with Crippen molar-refractivity contribution in [2.24, 2.45) is 0 Å². The Morgan fingerprint density at radius 2 is 1.89 bits per heavy atom. The zero-order chi connectivity index (χ0) is 18.5. The van der Waals surface area contributed by atoms with E-state index in [4.69, 9.17) is 4.42 Å². The van der Waals surface area contributed by atoms with Crippen LogP contribution in [0.3, 0.4) is 0 Å². The number of amides is 1. The molecule has 5 nitrogen and oxygen atoms in total. The molecule has 2 heterocycles. The van der Waals surface area contributed by atoms with E-state index in [-0.39, 0.29) is 11.9 Å². The van der Waals surface area contributed by atoms with Crippen LogP contribution >= 0.6 is 0 Å². The maximum Gasteiger partial charge on any atom is 0.244 e. The van der Waals surface area contributed by atoms with Gasteiger partial charge in [0, 0.05) is 6.08 Å². The number of hydrogen-bond donors (Lipinski definition) is 2. The van der Waals surface area contributed by atoms with Crippen molar-refractivity contribution < 1.29 is 9.21 Å². The SMILES string of the molecule is O=C(/C=C/c1ccco1)N[C@@H](Cc1ccccc1)c1nc2ccccc2[nH]1. The van der Waals surface area contributed by atoms with E-state index in [1.807, 2.05) is 54.6 Å². The minimum Gasteiger partial charge on any atom is -0.465 e. The Kier molecular flexibility index (Phi) is 4.83. The van der Waals surface area contributed by atoms with Gasteiger partial charge in [0.1, 0.15) is 11.6 Å². The number of carbonyl (C=O) groups excluding carboxylic acids is 1. The number of benzene rings is 2. The van der Waals surface area contributed by atoms with E-state index in [2.05, 4.69) is 15.3 Å². The molecule has 0 spiro atoms. The number of furan rings is 1. The number of imidazole rings is 1. The monoisotopic (exact) mass is 357 g/mol. The Balaban J connectivity index is 1.58. The van der Waals surface area contributed by atoms with Gasteiger partial charge >= 0.3 is 0 Å². The minimum atomic E-state index is -0.270. The van der Waals surface area contributed by atoms with Crippen LogP contribution < -0.4 is 5.32 Å². The van der Waals surface area contributed by atoms with Gasteiger partial charge in [-0.25, -0.2) is 4.98 Å². The molecule has 27 heavy (non-hydrogen) atoms. The average molecular weight is 357 g/mol. The van der Waals surface area contributed by atoms with Crippen LogP contribution in [0.25, 0.3) is 17.1 Å². The molecule has 0 radical (unpaired) electrons. The smallest absolute Gasteiger partial charge is 0.244 e. The van der Waals surface area contributed by atoms with Crippen LogP contribution in [0.2, 0.25) is 0 Å². The highest BCUT2D eigenvalue weighted by atomic mass is 16.3. The fourth-order valence-electron chi connectivity index (χ4n) is 2.97. The summed E-state index contributed by atoms with van der Waals surface area (Å²) in [5.74, 6) is 1.17. The summed E-state index contributed by atoms with van der Waals surface area (Å²) in [6.45, 7) is 0. The number of nitrogens with zero attached hydrogens (tertiary/aromatic N) is 1. The molecule has 0 saturated heterocycles. The van der Waals surface area contributed by atoms with Crippen molar-refractivity contribution in [2.45, 2.75) is 12.5 Å². The Morgan fingerprint density at radius 1 is 1.07 bits per heavy atom. The first-order chi connectivity index (χ1) is 13.3. The van der Waals surface area contributed by atoms with E-state index in [1.165, 1.54) is 6.08 Å². The highest BCUT2D eigenvalue weighted by Crippen LogP contribution is 2.20. The molecule has 1 amide bonds. The number of aromatic amines is 1. The van der Waals surface area contributed by atoms with E-state index < -0.39 is 0 Å². The van der Waals surface area contributed by atoms with Crippen molar-refractivity contribution in [1.29, 1.82) is 0 Å². The lowest BCUT2D eigenvalue weighted by molar-refractivity contribution is -0.117. The minimum absolute atomic E-state index is 0.201. The van der Waals surface area contributed by atoms with E-state index in [9.17, 15) is 4.79 Å². The maximum atomic E-state index is 12.4. The summed E-state index contributed by atoms with van der Waals surface area (Å²) in [5.41, 5.74) is 2.95. The topological polar surface area (TPSA) is 70.9 Å². The molecule has 4 rings (SSSR count). The number of H-pyrrole nitrogens is 1. The van der Waals surface area contributed by atoms with Crippen LogP contribution in [0.1, 0.15) is 23.2 Å². The number of rotatable bonds is 6. The van der Waals surface area contributed by atoms with Crippen LogP contribution in [0.4, 0.5) is 0 Å².